The van der Waals surface area contributed by atoms with Crippen LogP contribution in [0.15, 0.2) is 133 Å². The molecular weight excluding hydrogens is 673 g/mol. The monoisotopic (exact) mass is 736 g/mol. The van der Waals surface area contributed by atoms with Crippen LogP contribution < -0.4 is 20.7 Å². The van der Waals surface area contributed by atoms with E-state index in [4.69, 9.17) is 18.3 Å². The molecule has 0 aliphatic rings. The number of rotatable bonds is 21. The number of hydrogen-bond acceptors (Lipinski definition) is 4. The molecule has 0 aromatic heterocycles. The van der Waals surface area contributed by atoms with Crippen LogP contribution in [0.3, 0.4) is 0 Å². The molecule has 0 fully saturated rings. The standard InChI is InChI=1S/C46H64O4Si2/c1-45(2,3)51(41-28-15-10-16-29-41,42-30-17-11-18-31-42)49-36-24-9-8-14-26-40(38-48-39-47-7)27-23-25-37-50-52(46(4,5)6,43-32-19-12-20-33-43)44-34-21-13-22-35-44/h10-13,15-23,27-35,40H,8-9,14,24-26,36-39H2,1-7H3/b27-23+. The third-order valence-corrected chi connectivity index (χ3v) is 20.3. The van der Waals surface area contributed by atoms with Gasteiger partial charge in [-0.15, -0.1) is 0 Å². The average Bonchev–Trinajstić information content (AvgIpc) is 3.14. The Morgan fingerprint density at radius 3 is 1.35 bits per heavy atom. The Labute approximate surface area is 317 Å². The lowest BCUT2D eigenvalue weighted by atomic mass is 10.0. The molecule has 0 bridgehead atoms. The second-order valence-corrected chi connectivity index (χ2v) is 24.6. The minimum absolute atomic E-state index is 0.00201. The number of unbranched alkanes of at least 4 members (excludes halogenated alkanes) is 3. The van der Waals surface area contributed by atoms with Crippen molar-refractivity contribution in [1.29, 1.82) is 0 Å². The van der Waals surface area contributed by atoms with E-state index in [2.05, 4.69) is 175 Å². The molecule has 0 N–H and O–H groups in total. The molecule has 4 aromatic carbocycles. The van der Waals surface area contributed by atoms with E-state index < -0.39 is 16.6 Å². The molecule has 0 heterocycles. The summed E-state index contributed by atoms with van der Waals surface area (Å²) in [6.07, 6.45) is 11.1. The molecule has 1 unspecified atom stereocenters. The van der Waals surface area contributed by atoms with E-state index in [9.17, 15) is 0 Å². The number of hydrogen-bond donors (Lipinski definition) is 0. The lowest BCUT2D eigenvalue weighted by Crippen LogP contribution is -2.66. The summed E-state index contributed by atoms with van der Waals surface area (Å²) in [6.45, 7) is 16.5. The average molecular weight is 737 g/mol. The van der Waals surface area contributed by atoms with Crippen LogP contribution in [0.2, 0.25) is 10.1 Å². The summed E-state index contributed by atoms with van der Waals surface area (Å²) in [4.78, 5) is 0. The van der Waals surface area contributed by atoms with E-state index in [1.54, 1.807) is 7.11 Å². The van der Waals surface area contributed by atoms with Gasteiger partial charge >= 0.3 is 0 Å². The molecule has 6 heteroatoms. The van der Waals surface area contributed by atoms with Gasteiger partial charge in [-0.3, -0.25) is 0 Å². The lowest BCUT2D eigenvalue weighted by Gasteiger charge is -2.43. The van der Waals surface area contributed by atoms with Gasteiger partial charge in [0.15, 0.2) is 0 Å². The second-order valence-electron chi connectivity index (χ2n) is 16.0. The van der Waals surface area contributed by atoms with Gasteiger partial charge in [0.2, 0.25) is 0 Å². The van der Waals surface area contributed by atoms with Gasteiger partial charge in [-0.1, -0.05) is 194 Å². The molecule has 0 spiro atoms. The van der Waals surface area contributed by atoms with E-state index in [0.717, 1.165) is 38.7 Å². The number of ether oxygens (including phenoxy) is 2. The van der Waals surface area contributed by atoms with Crippen LogP contribution in [0.4, 0.5) is 0 Å². The summed E-state index contributed by atoms with van der Waals surface area (Å²) >= 11 is 0. The predicted molar refractivity (Wildman–Crippen MR) is 225 cm³/mol. The van der Waals surface area contributed by atoms with Crippen LogP contribution in [-0.2, 0) is 18.3 Å². The maximum absolute atomic E-state index is 7.12. The zero-order chi connectivity index (χ0) is 37.3. The number of benzene rings is 4. The fourth-order valence-electron chi connectivity index (χ4n) is 7.70. The highest BCUT2D eigenvalue weighted by Crippen LogP contribution is 2.38. The highest BCUT2D eigenvalue weighted by molar-refractivity contribution is 7.00. The molecule has 0 aliphatic heterocycles. The summed E-state index contributed by atoms with van der Waals surface area (Å²) in [5.74, 6) is 0.344. The minimum Gasteiger partial charge on any atom is -0.407 e. The Bertz CT molecular complexity index is 1490. The highest BCUT2D eigenvalue weighted by Gasteiger charge is 2.51. The molecule has 0 aliphatic carbocycles. The van der Waals surface area contributed by atoms with Crippen LogP contribution in [0, 0.1) is 5.92 Å². The van der Waals surface area contributed by atoms with Gasteiger partial charge in [0.25, 0.3) is 16.6 Å². The van der Waals surface area contributed by atoms with Crippen molar-refractivity contribution >= 4 is 37.4 Å². The first kappa shape index (κ1) is 41.6. The molecular formula is C46H64O4Si2. The Morgan fingerprint density at radius 1 is 0.538 bits per heavy atom. The maximum atomic E-state index is 7.12. The molecule has 1 atom stereocenters. The minimum atomic E-state index is -2.53. The van der Waals surface area contributed by atoms with Crippen LogP contribution in [0.5, 0.6) is 0 Å². The first-order valence-corrected chi connectivity index (χ1v) is 23.1. The van der Waals surface area contributed by atoms with E-state index in [1.807, 2.05) is 0 Å². The van der Waals surface area contributed by atoms with E-state index in [1.165, 1.54) is 27.2 Å². The molecule has 0 saturated heterocycles. The van der Waals surface area contributed by atoms with E-state index in [-0.39, 0.29) is 10.1 Å². The van der Waals surface area contributed by atoms with Crippen LogP contribution in [0.1, 0.15) is 80.1 Å². The summed E-state index contributed by atoms with van der Waals surface area (Å²) in [5, 5.41) is 5.30. The first-order valence-electron chi connectivity index (χ1n) is 19.3. The van der Waals surface area contributed by atoms with E-state index in [0.29, 0.717) is 25.9 Å². The Kier molecular flexibility index (Phi) is 16.3. The SMILES string of the molecule is COCOCC(/C=C/CCO[Si](c1ccccc1)(c1ccccc1)C(C)(C)C)CCCCCCO[Si](c1ccccc1)(c1ccccc1)C(C)(C)C. The molecule has 52 heavy (non-hydrogen) atoms. The van der Waals surface area contributed by atoms with Gasteiger partial charge in [-0.25, -0.2) is 0 Å². The summed E-state index contributed by atoms with van der Waals surface area (Å²) in [5.41, 5.74) is 0. The molecule has 0 saturated carbocycles. The van der Waals surface area contributed by atoms with Crippen molar-refractivity contribution in [1.82, 2.24) is 0 Å². The van der Waals surface area contributed by atoms with Crippen molar-refractivity contribution in [2.24, 2.45) is 5.92 Å². The fourth-order valence-corrected chi connectivity index (χ4v) is 16.9. The Hall–Kier alpha value is -3.11. The van der Waals surface area contributed by atoms with Crippen molar-refractivity contribution < 1.29 is 18.3 Å². The topological polar surface area (TPSA) is 36.9 Å². The van der Waals surface area contributed by atoms with Crippen molar-refractivity contribution in [3.8, 4) is 0 Å². The smallest absolute Gasteiger partial charge is 0.261 e. The van der Waals surface area contributed by atoms with Gasteiger partial charge < -0.3 is 18.3 Å². The van der Waals surface area contributed by atoms with Gasteiger partial charge in [-0.2, -0.15) is 0 Å². The summed E-state index contributed by atoms with van der Waals surface area (Å²) in [7, 11) is -3.33. The molecule has 4 rings (SSSR count). The Morgan fingerprint density at radius 2 is 0.942 bits per heavy atom. The largest absolute Gasteiger partial charge is 0.407 e. The quantitative estimate of drug-likeness (QED) is 0.0370. The van der Waals surface area contributed by atoms with Crippen LogP contribution >= 0.6 is 0 Å². The van der Waals surface area contributed by atoms with Gasteiger partial charge in [0.1, 0.15) is 6.79 Å². The van der Waals surface area contributed by atoms with Crippen molar-refractivity contribution in [2.45, 2.75) is 90.1 Å². The van der Waals surface area contributed by atoms with Crippen LogP contribution in [-0.4, -0.2) is 50.4 Å². The van der Waals surface area contributed by atoms with Gasteiger partial charge in [0, 0.05) is 26.2 Å². The second kappa shape index (κ2) is 20.4. The summed E-state index contributed by atoms with van der Waals surface area (Å²) < 4.78 is 25.3. The third kappa shape index (κ3) is 10.7. The zero-order valence-corrected chi connectivity index (χ0v) is 35.0. The van der Waals surface area contributed by atoms with Crippen molar-refractivity contribution in [3.63, 3.8) is 0 Å². The summed E-state index contributed by atoms with van der Waals surface area (Å²) in [6, 6.07) is 43.7. The highest BCUT2D eigenvalue weighted by atomic mass is 28.4. The van der Waals surface area contributed by atoms with Gasteiger partial charge in [-0.05, 0) is 50.1 Å². The predicted octanol–water partition coefficient (Wildman–Crippen LogP) is 9.27. The Balaban J connectivity index is 1.33. The normalized spacial score (nSPS) is 13.4. The zero-order valence-electron chi connectivity index (χ0n) is 33.0. The van der Waals surface area contributed by atoms with Crippen LogP contribution in [0.25, 0.3) is 0 Å². The van der Waals surface area contributed by atoms with Crippen molar-refractivity contribution in [3.05, 3.63) is 133 Å². The fraction of sp³-hybridized carbons (Fsp3) is 0.435. The first-order chi connectivity index (χ1) is 25.1. The number of methoxy groups -OCH3 is 1. The molecule has 280 valence electrons. The molecule has 0 radical (unpaired) electrons. The molecule has 4 aromatic rings. The van der Waals surface area contributed by atoms with E-state index >= 15 is 0 Å². The third-order valence-electron chi connectivity index (χ3n) is 10.2. The molecule has 4 nitrogen and oxygen atoms in total. The van der Waals surface area contributed by atoms with Crippen molar-refractivity contribution in [2.75, 3.05) is 33.7 Å². The molecule has 0 amide bonds. The maximum Gasteiger partial charge on any atom is 0.261 e. The van der Waals surface area contributed by atoms with Gasteiger partial charge in [0.05, 0.1) is 6.61 Å². The lowest BCUT2D eigenvalue weighted by molar-refractivity contribution is -0.0395.